The smallest absolute Gasteiger partial charge is 0.279 e. The molecule has 250 valence electrons. The summed E-state index contributed by atoms with van der Waals surface area (Å²) in [5.74, 6) is -0.703. The molecule has 12 heteroatoms. The highest BCUT2D eigenvalue weighted by Gasteiger charge is 2.66. The Morgan fingerprint density at radius 3 is 2.02 bits per heavy atom. The van der Waals surface area contributed by atoms with Crippen LogP contribution in [-0.2, 0) is 21.7 Å². The van der Waals surface area contributed by atoms with Gasteiger partial charge in [-0.3, -0.25) is 24.6 Å². The Balaban J connectivity index is 1.26. The van der Waals surface area contributed by atoms with Crippen LogP contribution in [0.1, 0.15) is 24.5 Å². The van der Waals surface area contributed by atoms with Crippen molar-refractivity contribution in [2.45, 2.75) is 50.2 Å². The summed E-state index contributed by atoms with van der Waals surface area (Å²) in [7, 11) is -2.91. The van der Waals surface area contributed by atoms with E-state index in [-0.39, 0.29) is 42.1 Å². The van der Waals surface area contributed by atoms with Gasteiger partial charge in [0.2, 0.25) is 0 Å². The quantitative estimate of drug-likeness (QED) is 0.181. The first-order chi connectivity index (χ1) is 23.5. The summed E-state index contributed by atoms with van der Waals surface area (Å²) in [6.45, 7) is 5.67. The number of hydrogen-bond acceptors (Lipinski definition) is 6. The highest BCUT2D eigenvalue weighted by Crippen LogP contribution is 2.60. The van der Waals surface area contributed by atoms with Gasteiger partial charge in [0.1, 0.15) is 0 Å². The first-order valence-electron chi connectivity index (χ1n) is 16.5. The van der Waals surface area contributed by atoms with Crippen LogP contribution in [0.15, 0.2) is 101 Å². The fraction of sp³-hybridized carbons (Fsp3) is 0.270. The molecule has 1 spiro atoms. The molecule has 0 aliphatic carbocycles. The number of amides is 1. The fourth-order valence-electron chi connectivity index (χ4n) is 8.22. The highest BCUT2D eigenvalue weighted by molar-refractivity contribution is 6.71. The second kappa shape index (κ2) is 11.3. The van der Waals surface area contributed by atoms with Crippen molar-refractivity contribution >= 4 is 41.7 Å². The summed E-state index contributed by atoms with van der Waals surface area (Å²) in [6, 6.07) is 27.6. The molecule has 11 nitrogen and oxygen atoms in total. The topological polar surface area (TPSA) is 146 Å². The minimum atomic E-state index is -2.91. The third-order valence-corrected chi connectivity index (χ3v) is 12.8. The number of aromatic nitrogens is 4. The van der Waals surface area contributed by atoms with Crippen LogP contribution in [-0.4, -0.2) is 56.4 Å². The number of carbonyl (C=O) groups excluding carboxylic acids is 1. The minimum absolute atomic E-state index is 0.149. The molecule has 1 fully saturated rings. The van der Waals surface area contributed by atoms with Gasteiger partial charge < -0.3 is 19.5 Å². The van der Waals surface area contributed by atoms with Gasteiger partial charge in [-0.15, -0.1) is 0 Å². The molecule has 2 aliphatic heterocycles. The molecule has 0 radical (unpaired) electrons. The van der Waals surface area contributed by atoms with Gasteiger partial charge >= 0.3 is 0 Å². The molecular formula is C37H37N5O6Si. The molecule has 0 saturated carbocycles. The second-order valence-electron chi connectivity index (χ2n) is 13.7. The Kier molecular flexibility index (Phi) is 7.19. The Labute approximate surface area is 282 Å². The molecule has 0 unspecified atom stereocenters. The number of benzene rings is 4. The van der Waals surface area contributed by atoms with Gasteiger partial charge in [0.05, 0.1) is 51.5 Å². The van der Waals surface area contributed by atoms with Gasteiger partial charge in [0.15, 0.2) is 13.9 Å². The largest absolute Gasteiger partial charge is 0.432 e. The molecule has 4 aromatic carbocycles. The van der Waals surface area contributed by atoms with Gasteiger partial charge in [0.25, 0.3) is 17.0 Å². The SMILES string of the molecule is C[C@H]1[C@H]([Si](C)(C)O)[C@@H](CCO)O[C@]12C(=O)N(Cc1cccc(-n3[nH]c4ccccc4c3=O)c1)c1ccc(-n3[nH]c4ccccc4c3=O)cc12. The Hall–Kier alpha value is -5.01. The number of rotatable bonds is 7. The monoisotopic (exact) mass is 675 g/mol. The number of carbonyl (C=O) groups is 1. The van der Waals surface area contributed by atoms with Crippen molar-refractivity contribution in [1.29, 1.82) is 0 Å². The van der Waals surface area contributed by atoms with Crippen molar-refractivity contribution in [3.8, 4) is 11.4 Å². The lowest BCUT2D eigenvalue weighted by Gasteiger charge is -2.32. The summed E-state index contributed by atoms with van der Waals surface area (Å²) in [4.78, 5) is 54.8. The van der Waals surface area contributed by atoms with Crippen LogP contribution in [0.4, 0.5) is 5.69 Å². The van der Waals surface area contributed by atoms with Crippen molar-refractivity contribution in [3.63, 3.8) is 0 Å². The fourth-order valence-corrected chi connectivity index (χ4v) is 10.8. The first kappa shape index (κ1) is 31.3. The molecule has 2 aliphatic rings. The van der Waals surface area contributed by atoms with Gasteiger partial charge in [-0.1, -0.05) is 43.3 Å². The number of aliphatic hydroxyl groups excluding tert-OH is 1. The lowest BCUT2D eigenvalue weighted by Crippen LogP contribution is -2.46. The standard InChI is InChI=1S/C37H37N5O6Si/c1-22-33(49(2,3)47)32(17-18-43)48-37(22)28-20-25(42-35(45)27-12-5-7-14-30(27)39-42)15-16-31(28)40(36(37)46)21-23-9-8-10-24(19-23)41-34(44)26-11-4-6-13-29(26)38-41/h4-16,19-20,22,32-33,38-39,43,47H,17-18,21H2,1-3H3/t22-,32+,33-,37+/m0/s1. The van der Waals surface area contributed by atoms with Crippen LogP contribution in [0.2, 0.25) is 18.6 Å². The summed E-state index contributed by atoms with van der Waals surface area (Å²) in [5.41, 5.74) is 2.47. The number of hydrogen-bond donors (Lipinski definition) is 4. The third kappa shape index (κ3) is 4.70. The van der Waals surface area contributed by atoms with E-state index in [4.69, 9.17) is 4.74 Å². The minimum Gasteiger partial charge on any atom is -0.432 e. The van der Waals surface area contributed by atoms with Crippen LogP contribution in [0.5, 0.6) is 0 Å². The van der Waals surface area contributed by atoms with Gasteiger partial charge in [0, 0.05) is 23.6 Å². The number of anilines is 1. The molecule has 4 N–H and O–H groups in total. The molecule has 49 heavy (non-hydrogen) atoms. The molecule has 8 rings (SSSR count). The highest BCUT2D eigenvalue weighted by atomic mass is 28.4. The van der Waals surface area contributed by atoms with Crippen molar-refractivity contribution < 1.29 is 19.4 Å². The first-order valence-corrected chi connectivity index (χ1v) is 19.5. The maximum absolute atomic E-state index is 14.9. The molecular weight excluding hydrogens is 639 g/mol. The zero-order valence-corrected chi connectivity index (χ0v) is 28.4. The average molecular weight is 676 g/mol. The normalized spacial score (nSPS) is 22.2. The molecule has 4 atom stereocenters. The second-order valence-corrected chi connectivity index (χ2v) is 17.7. The zero-order valence-electron chi connectivity index (χ0n) is 27.4. The van der Waals surface area contributed by atoms with E-state index in [1.165, 1.54) is 9.36 Å². The van der Waals surface area contributed by atoms with E-state index in [1.807, 2.05) is 98.9 Å². The van der Waals surface area contributed by atoms with Gasteiger partial charge in [-0.25, -0.2) is 9.36 Å². The van der Waals surface area contributed by atoms with Crippen LogP contribution in [0, 0.1) is 5.92 Å². The average Bonchev–Trinajstić information content (AvgIpc) is 3.77. The van der Waals surface area contributed by atoms with Crippen molar-refractivity contribution in [2.24, 2.45) is 5.92 Å². The van der Waals surface area contributed by atoms with Crippen LogP contribution in [0.3, 0.4) is 0 Å². The van der Waals surface area contributed by atoms with E-state index < -0.39 is 25.9 Å². The van der Waals surface area contributed by atoms with E-state index in [2.05, 4.69) is 10.2 Å². The number of nitrogens with zero attached hydrogens (tertiary/aromatic N) is 3. The maximum atomic E-state index is 14.9. The van der Waals surface area contributed by atoms with E-state index in [9.17, 15) is 24.3 Å². The van der Waals surface area contributed by atoms with Crippen LogP contribution in [0.25, 0.3) is 33.2 Å². The number of fused-ring (bicyclic) bond motifs is 4. The van der Waals surface area contributed by atoms with E-state index in [0.717, 1.165) is 11.1 Å². The summed E-state index contributed by atoms with van der Waals surface area (Å²) >= 11 is 0. The molecule has 1 saturated heterocycles. The van der Waals surface area contributed by atoms with Crippen molar-refractivity contribution in [1.82, 2.24) is 19.6 Å². The van der Waals surface area contributed by atoms with E-state index in [0.29, 0.717) is 38.9 Å². The molecule has 0 bridgehead atoms. The number of H-pyrrole nitrogens is 2. The maximum Gasteiger partial charge on any atom is 0.279 e. The molecule has 6 aromatic rings. The van der Waals surface area contributed by atoms with Gasteiger partial charge in [-0.05, 0) is 79.7 Å². The summed E-state index contributed by atoms with van der Waals surface area (Å²) in [5, 5.41) is 17.5. The molecule has 4 heterocycles. The summed E-state index contributed by atoms with van der Waals surface area (Å²) in [6.07, 6.45) is -0.265. The number of nitrogens with one attached hydrogen (secondary N) is 2. The zero-order chi connectivity index (χ0) is 34.2. The van der Waals surface area contributed by atoms with Crippen molar-refractivity contribution in [3.05, 3.63) is 123 Å². The van der Waals surface area contributed by atoms with E-state index in [1.54, 1.807) is 17.0 Å². The van der Waals surface area contributed by atoms with Crippen molar-refractivity contribution in [2.75, 3.05) is 11.5 Å². The van der Waals surface area contributed by atoms with Gasteiger partial charge in [-0.2, -0.15) is 0 Å². The predicted molar refractivity (Wildman–Crippen MR) is 190 cm³/mol. The molecule has 2 aromatic heterocycles. The number of ether oxygens (including phenoxy) is 1. The number of para-hydroxylation sites is 2. The Morgan fingerprint density at radius 2 is 1.43 bits per heavy atom. The lowest BCUT2D eigenvalue weighted by molar-refractivity contribution is -0.146. The Bertz CT molecular complexity index is 2380. The number of aliphatic hydroxyl groups is 1. The Morgan fingerprint density at radius 1 is 0.816 bits per heavy atom. The lowest BCUT2D eigenvalue weighted by atomic mass is 9.82. The van der Waals surface area contributed by atoms with E-state index >= 15 is 0 Å². The third-order valence-electron chi connectivity index (χ3n) is 10.3. The predicted octanol–water partition coefficient (Wildman–Crippen LogP) is 4.68. The number of aromatic amines is 2. The van der Waals surface area contributed by atoms with Crippen LogP contribution >= 0.6 is 0 Å². The molecule has 1 amide bonds. The van der Waals surface area contributed by atoms with Crippen LogP contribution < -0.4 is 16.0 Å². The summed E-state index contributed by atoms with van der Waals surface area (Å²) < 4.78 is 9.78.